The van der Waals surface area contributed by atoms with E-state index in [4.69, 9.17) is 16.6 Å². The van der Waals surface area contributed by atoms with Crippen LogP contribution in [-0.2, 0) is 19.2 Å². The fraction of sp³-hybridized carbons (Fsp3) is 0.733. The molecule has 3 amide bonds. The maximum Gasteiger partial charge on any atom is 0.325 e. The lowest BCUT2D eigenvalue weighted by Gasteiger charge is -2.25. The Balaban J connectivity index is 5.06. The second kappa shape index (κ2) is 12.2. The first kappa shape index (κ1) is 23.8. The molecule has 11 nitrogen and oxygen atoms in total. The summed E-state index contributed by atoms with van der Waals surface area (Å²) in [7, 11) is 0. The summed E-state index contributed by atoms with van der Waals surface area (Å²) >= 11 is 0. The predicted octanol–water partition coefficient (Wildman–Crippen LogP) is -2.99. The third-order valence-electron chi connectivity index (χ3n) is 3.58. The van der Waals surface area contributed by atoms with Gasteiger partial charge in [-0.1, -0.05) is 0 Å². The first-order valence-corrected chi connectivity index (χ1v) is 8.35. The van der Waals surface area contributed by atoms with Crippen molar-refractivity contribution in [1.82, 2.24) is 16.0 Å². The number of carbonyl (C=O) groups is 4. The Morgan fingerprint density at radius 1 is 0.962 bits per heavy atom. The lowest BCUT2D eigenvalue weighted by atomic mass is 10.1. The Morgan fingerprint density at radius 2 is 1.58 bits per heavy atom. The molecule has 0 radical (unpaired) electrons. The van der Waals surface area contributed by atoms with Crippen LogP contribution in [0.4, 0.5) is 0 Å². The minimum absolute atomic E-state index is 0.272. The van der Waals surface area contributed by atoms with Crippen LogP contribution in [0.5, 0.6) is 0 Å². The van der Waals surface area contributed by atoms with E-state index in [-0.39, 0.29) is 13.0 Å². The number of rotatable bonds is 12. The number of carboxylic acids is 1. The van der Waals surface area contributed by atoms with E-state index in [1.165, 1.54) is 13.8 Å². The summed E-state index contributed by atoms with van der Waals surface area (Å²) in [5.41, 5.74) is 10.6. The summed E-state index contributed by atoms with van der Waals surface area (Å²) in [6.07, 6.45) is 0.184. The summed E-state index contributed by atoms with van der Waals surface area (Å²) in [4.78, 5) is 46.9. The van der Waals surface area contributed by atoms with Crippen LogP contribution in [0.15, 0.2) is 0 Å². The van der Waals surface area contributed by atoms with Crippen molar-refractivity contribution < 1.29 is 29.4 Å². The maximum atomic E-state index is 12.4. The summed E-state index contributed by atoms with van der Waals surface area (Å²) in [6, 6.07) is -3.53. The normalized spacial score (nSPS) is 15.3. The molecule has 0 saturated heterocycles. The summed E-state index contributed by atoms with van der Waals surface area (Å²) in [6.45, 7) is 2.64. The SMILES string of the molecule is CC(NC(=O)C(NC(=O)C(CCCCN)NC(=O)CN)C(C)O)C(=O)O. The van der Waals surface area contributed by atoms with Crippen molar-refractivity contribution in [3.8, 4) is 0 Å². The molecule has 0 saturated carbocycles. The van der Waals surface area contributed by atoms with E-state index in [1.807, 2.05) is 0 Å². The number of hydrogen-bond donors (Lipinski definition) is 7. The highest BCUT2D eigenvalue weighted by molar-refractivity contribution is 5.93. The number of amides is 3. The quantitative estimate of drug-likeness (QED) is 0.175. The number of nitrogens with two attached hydrogens (primary N) is 2. The van der Waals surface area contributed by atoms with E-state index < -0.39 is 47.9 Å². The molecule has 0 heterocycles. The predicted molar refractivity (Wildman–Crippen MR) is 92.7 cm³/mol. The first-order chi connectivity index (χ1) is 12.1. The van der Waals surface area contributed by atoms with Gasteiger partial charge in [-0.05, 0) is 39.7 Å². The van der Waals surface area contributed by atoms with Gasteiger partial charge in [0.05, 0.1) is 12.6 Å². The Hall–Kier alpha value is -2.24. The number of hydrogen-bond acceptors (Lipinski definition) is 7. The molecule has 4 atom stereocenters. The van der Waals surface area contributed by atoms with Gasteiger partial charge in [0.25, 0.3) is 0 Å². The van der Waals surface area contributed by atoms with Crippen molar-refractivity contribution in [2.24, 2.45) is 11.5 Å². The van der Waals surface area contributed by atoms with Crippen LogP contribution in [-0.4, -0.2) is 71.2 Å². The zero-order valence-electron chi connectivity index (χ0n) is 15.0. The zero-order chi connectivity index (χ0) is 20.3. The Morgan fingerprint density at radius 3 is 2.04 bits per heavy atom. The maximum absolute atomic E-state index is 12.4. The number of aliphatic hydroxyl groups excluding tert-OH is 1. The number of aliphatic hydroxyl groups is 1. The zero-order valence-corrected chi connectivity index (χ0v) is 15.0. The molecule has 0 aliphatic rings. The molecule has 0 aliphatic carbocycles. The summed E-state index contributed by atoms with van der Waals surface area (Å²) < 4.78 is 0. The topological polar surface area (TPSA) is 197 Å². The molecule has 0 spiro atoms. The molecule has 4 unspecified atom stereocenters. The van der Waals surface area contributed by atoms with Gasteiger partial charge in [0.2, 0.25) is 17.7 Å². The van der Waals surface area contributed by atoms with Crippen LogP contribution < -0.4 is 27.4 Å². The van der Waals surface area contributed by atoms with Gasteiger partial charge in [0, 0.05) is 0 Å². The molecule has 11 heteroatoms. The highest BCUT2D eigenvalue weighted by Crippen LogP contribution is 2.03. The second-order valence-corrected chi connectivity index (χ2v) is 5.90. The van der Waals surface area contributed by atoms with Crippen molar-refractivity contribution in [3.63, 3.8) is 0 Å². The van der Waals surface area contributed by atoms with E-state index in [9.17, 15) is 24.3 Å². The van der Waals surface area contributed by atoms with Gasteiger partial charge in [-0.2, -0.15) is 0 Å². The average Bonchev–Trinajstić information content (AvgIpc) is 2.57. The molecule has 0 aromatic carbocycles. The number of aliphatic carboxylic acids is 1. The van der Waals surface area contributed by atoms with Crippen LogP contribution in [0.1, 0.15) is 33.1 Å². The highest BCUT2D eigenvalue weighted by atomic mass is 16.4. The molecule has 26 heavy (non-hydrogen) atoms. The number of carboxylic acid groups (broad SMARTS) is 1. The van der Waals surface area contributed by atoms with Gasteiger partial charge in [-0.25, -0.2) is 0 Å². The van der Waals surface area contributed by atoms with Crippen molar-refractivity contribution in [3.05, 3.63) is 0 Å². The lowest BCUT2D eigenvalue weighted by Crippen LogP contribution is -2.59. The van der Waals surface area contributed by atoms with Gasteiger partial charge in [-0.3, -0.25) is 19.2 Å². The van der Waals surface area contributed by atoms with Gasteiger partial charge in [0.15, 0.2) is 0 Å². The molecule has 150 valence electrons. The highest BCUT2D eigenvalue weighted by Gasteiger charge is 2.30. The lowest BCUT2D eigenvalue weighted by molar-refractivity contribution is -0.142. The van der Waals surface area contributed by atoms with Gasteiger partial charge < -0.3 is 37.6 Å². The van der Waals surface area contributed by atoms with Crippen LogP contribution in [0.3, 0.4) is 0 Å². The molecule has 0 fully saturated rings. The largest absolute Gasteiger partial charge is 0.480 e. The van der Waals surface area contributed by atoms with Gasteiger partial charge in [0.1, 0.15) is 18.1 Å². The van der Waals surface area contributed by atoms with Crippen LogP contribution in [0.25, 0.3) is 0 Å². The third-order valence-corrected chi connectivity index (χ3v) is 3.58. The van der Waals surface area contributed by atoms with Crippen molar-refractivity contribution in [1.29, 1.82) is 0 Å². The second-order valence-electron chi connectivity index (χ2n) is 5.90. The Labute approximate surface area is 151 Å². The Kier molecular flexibility index (Phi) is 11.1. The molecule has 0 aromatic heterocycles. The minimum Gasteiger partial charge on any atom is -0.480 e. The Bertz CT molecular complexity index is 499. The number of carbonyl (C=O) groups excluding carboxylic acids is 3. The molecule has 0 rings (SSSR count). The number of nitrogens with one attached hydrogen (secondary N) is 3. The van der Waals surface area contributed by atoms with Gasteiger partial charge in [-0.15, -0.1) is 0 Å². The van der Waals surface area contributed by atoms with Crippen LogP contribution >= 0.6 is 0 Å². The molecule has 0 aromatic rings. The van der Waals surface area contributed by atoms with Crippen molar-refractivity contribution in [2.45, 2.75) is 57.3 Å². The first-order valence-electron chi connectivity index (χ1n) is 8.35. The van der Waals surface area contributed by atoms with E-state index in [0.717, 1.165) is 0 Å². The molecule has 0 aliphatic heterocycles. The summed E-state index contributed by atoms with van der Waals surface area (Å²) in [5, 5.41) is 25.5. The van der Waals surface area contributed by atoms with E-state index in [1.54, 1.807) is 0 Å². The van der Waals surface area contributed by atoms with E-state index >= 15 is 0 Å². The van der Waals surface area contributed by atoms with E-state index in [0.29, 0.717) is 19.4 Å². The third kappa shape index (κ3) is 8.74. The average molecular weight is 375 g/mol. The standard InChI is InChI=1S/C15H29N5O6/c1-8(15(25)26)18-14(24)12(9(2)21)20-13(23)10(5-3-4-6-16)19-11(22)7-17/h8-10,12,21H,3-7,16-17H2,1-2H3,(H,18,24)(H,19,22)(H,20,23)(H,25,26). The molecular weight excluding hydrogens is 346 g/mol. The molecular formula is C15H29N5O6. The smallest absolute Gasteiger partial charge is 0.325 e. The fourth-order valence-electron chi connectivity index (χ4n) is 2.04. The van der Waals surface area contributed by atoms with Crippen LogP contribution in [0.2, 0.25) is 0 Å². The van der Waals surface area contributed by atoms with E-state index in [2.05, 4.69) is 16.0 Å². The van der Waals surface area contributed by atoms with Crippen molar-refractivity contribution in [2.75, 3.05) is 13.1 Å². The molecule has 0 bridgehead atoms. The monoisotopic (exact) mass is 375 g/mol. The fourth-order valence-corrected chi connectivity index (χ4v) is 2.04. The number of unbranched alkanes of at least 4 members (excludes halogenated alkanes) is 1. The molecule has 9 N–H and O–H groups in total. The van der Waals surface area contributed by atoms with Crippen molar-refractivity contribution >= 4 is 23.7 Å². The van der Waals surface area contributed by atoms with Crippen LogP contribution in [0, 0.1) is 0 Å². The van der Waals surface area contributed by atoms with Gasteiger partial charge >= 0.3 is 5.97 Å². The minimum atomic E-state index is -1.38. The summed E-state index contributed by atoms with van der Waals surface area (Å²) in [5.74, 6) is -3.35.